The Balaban J connectivity index is 1.30. The first-order valence-electron chi connectivity index (χ1n) is 8.58. The lowest BCUT2D eigenvalue weighted by Gasteiger charge is -2.06. The van der Waals surface area contributed by atoms with Crippen LogP contribution in [0.15, 0.2) is 18.2 Å². The maximum Gasteiger partial charge on any atom is 0.226 e. The third kappa shape index (κ3) is 3.43. The van der Waals surface area contributed by atoms with E-state index in [9.17, 15) is 9.59 Å². The fourth-order valence-corrected chi connectivity index (χ4v) is 4.04. The van der Waals surface area contributed by atoms with Crippen molar-refractivity contribution in [1.29, 1.82) is 0 Å². The molecule has 2 fully saturated rings. The smallest absolute Gasteiger partial charge is 0.226 e. The molecule has 126 valence electrons. The topological polar surface area (TPSA) is 71.1 Å². The van der Waals surface area contributed by atoms with E-state index in [1.54, 1.807) is 11.3 Å². The molecule has 2 aliphatic carbocycles. The second kappa shape index (κ2) is 6.16. The van der Waals surface area contributed by atoms with Crippen molar-refractivity contribution >= 4 is 39.1 Å². The van der Waals surface area contributed by atoms with Crippen LogP contribution < -0.4 is 10.6 Å². The van der Waals surface area contributed by atoms with Gasteiger partial charge in [0.05, 0.1) is 15.2 Å². The number of hydrogen-bond donors (Lipinski definition) is 2. The summed E-state index contributed by atoms with van der Waals surface area (Å²) in [5, 5.41) is 6.95. The van der Waals surface area contributed by atoms with E-state index >= 15 is 0 Å². The highest BCUT2D eigenvalue weighted by molar-refractivity contribution is 7.18. The third-order valence-corrected chi connectivity index (χ3v) is 5.89. The van der Waals surface area contributed by atoms with Crippen LogP contribution in [0.5, 0.6) is 0 Å². The molecule has 2 atom stereocenters. The minimum atomic E-state index is -0.0783. The van der Waals surface area contributed by atoms with Gasteiger partial charge in [-0.15, -0.1) is 11.3 Å². The third-order valence-electron chi connectivity index (χ3n) is 4.71. The first kappa shape index (κ1) is 15.6. The summed E-state index contributed by atoms with van der Waals surface area (Å²) in [6.07, 6.45) is 3.75. The lowest BCUT2D eigenvalue weighted by atomic mass is 10.2. The van der Waals surface area contributed by atoms with Gasteiger partial charge in [-0.05, 0) is 43.4 Å². The van der Waals surface area contributed by atoms with E-state index in [1.165, 1.54) is 17.8 Å². The van der Waals surface area contributed by atoms with Crippen molar-refractivity contribution in [3.8, 4) is 0 Å². The van der Waals surface area contributed by atoms with Gasteiger partial charge in [0, 0.05) is 30.5 Å². The molecule has 0 aliphatic heterocycles. The summed E-state index contributed by atoms with van der Waals surface area (Å²) in [6, 6.07) is 5.84. The monoisotopic (exact) mass is 343 g/mol. The Labute approximate surface area is 144 Å². The molecule has 1 aromatic carbocycles. The highest BCUT2D eigenvalue weighted by Gasteiger charge is 2.38. The van der Waals surface area contributed by atoms with Crippen LogP contribution >= 0.6 is 11.3 Å². The van der Waals surface area contributed by atoms with E-state index in [1.807, 2.05) is 18.2 Å². The molecular weight excluding hydrogens is 322 g/mol. The second-order valence-corrected chi connectivity index (χ2v) is 7.98. The summed E-state index contributed by atoms with van der Waals surface area (Å²) in [5.41, 5.74) is 1.80. The summed E-state index contributed by atoms with van der Waals surface area (Å²) < 4.78 is 1.12. The Morgan fingerprint density at radius 3 is 2.83 bits per heavy atom. The number of amides is 2. The molecule has 0 radical (unpaired) electrons. The first-order valence-corrected chi connectivity index (χ1v) is 9.40. The number of carbonyl (C=O) groups is 2. The zero-order chi connectivity index (χ0) is 16.7. The van der Waals surface area contributed by atoms with Gasteiger partial charge in [0.25, 0.3) is 0 Å². The first-order chi connectivity index (χ1) is 11.6. The Bertz CT molecular complexity index is 797. The van der Waals surface area contributed by atoms with Crippen LogP contribution in [0.4, 0.5) is 5.69 Å². The molecule has 2 amide bonds. The van der Waals surface area contributed by atoms with Crippen LogP contribution in [0, 0.1) is 11.8 Å². The van der Waals surface area contributed by atoms with Gasteiger partial charge in [-0.2, -0.15) is 0 Å². The Morgan fingerprint density at radius 1 is 1.33 bits per heavy atom. The molecule has 4 rings (SSSR count). The van der Waals surface area contributed by atoms with Crippen molar-refractivity contribution in [1.82, 2.24) is 10.3 Å². The maximum absolute atomic E-state index is 12.0. The van der Waals surface area contributed by atoms with E-state index in [0.29, 0.717) is 24.8 Å². The van der Waals surface area contributed by atoms with Crippen LogP contribution in [0.1, 0.15) is 43.5 Å². The van der Waals surface area contributed by atoms with Crippen LogP contribution in [-0.2, 0) is 9.59 Å². The second-order valence-electron chi connectivity index (χ2n) is 6.92. The zero-order valence-corrected chi connectivity index (χ0v) is 14.5. The van der Waals surface area contributed by atoms with Gasteiger partial charge < -0.3 is 10.6 Å². The molecule has 2 aliphatic rings. The minimum absolute atomic E-state index is 0.0778. The van der Waals surface area contributed by atoms with Gasteiger partial charge in [0.15, 0.2) is 0 Å². The van der Waals surface area contributed by atoms with Crippen LogP contribution in [0.3, 0.4) is 0 Å². The van der Waals surface area contributed by atoms with E-state index in [2.05, 4.69) is 22.5 Å². The summed E-state index contributed by atoms with van der Waals surface area (Å²) in [4.78, 5) is 28.4. The number of carbonyl (C=O) groups excluding carboxylic acids is 2. The van der Waals surface area contributed by atoms with Crippen molar-refractivity contribution < 1.29 is 9.59 Å². The Morgan fingerprint density at radius 2 is 2.12 bits per heavy atom. The van der Waals surface area contributed by atoms with Gasteiger partial charge in [-0.3, -0.25) is 9.59 Å². The van der Waals surface area contributed by atoms with Crippen molar-refractivity contribution in [2.75, 3.05) is 11.9 Å². The van der Waals surface area contributed by atoms with E-state index in [4.69, 9.17) is 0 Å². The number of hydrogen-bond acceptors (Lipinski definition) is 4. The molecule has 2 aromatic rings. The van der Waals surface area contributed by atoms with E-state index in [0.717, 1.165) is 22.3 Å². The maximum atomic E-state index is 12.0. The molecule has 1 heterocycles. The highest BCUT2D eigenvalue weighted by Crippen LogP contribution is 2.43. The minimum Gasteiger partial charge on any atom is -0.355 e. The fourth-order valence-electron chi connectivity index (χ4n) is 2.87. The number of fused-ring (bicyclic) bond motifs is 1. The molecule has 0 saturated heterocycles. The lowest BCUT2D eigenvalue weighted by Crippen LogP contribution is -2.29. The number of nitrogens with zero attached hydrogens (tertiary/aromatic N) is 1. The molecular formula is C18H21N3O2S. The predicted octanol–water partition coefficient (Wildman–Crippen LogP) is 3.27. The molecule has 5 nitrogen and oxygen atoms in total. The fraction of sp³-hybridized carbons (Fsp3) is 0.500. The van der Waals surface area contributed by atoms with Gasteiger partial charge >= 0.3 is 0 Å². The van der Waals surface area contributed by atoms with Crippen LogP contribution in [-0.4, -0.2) is 23.3 Å². The molecule has 0 spiro atoms. The van der Waals surface area contributed by atoms with Crippen LogP contribution in [0.2, 0.25) is 0 Å². The number of thiazole rings is 1. The SMILES string of the molecule is C[C@H]1C[C@@H]1C(=O)NCCC(=O)Nc1ccc2nc(C3CC3)sc2c1. The van der Waals surface area contributed by atoms with Gasteiger partial charge in [-0.25, -0.2) is 4.98 Å². The highest BCUT2D eigenvalue weighted by atomic mass is 32.1. The molecule has 2 saturated carbocycles. The quantitative estimate of drug-likeness (QED) is 0.845. The van der Waals surface area contributed by atoms with Gasteiger partial charge in [0.2, 0.25) is 11.8 Å². The summed E-state index contributed by atoms with van der Waals surface area (Å²) in [5.74, 6) is 1.30. The van der Waals surface area contributed by atoms with Crippen molar-refractivity contribution in [3.63, 3.8) is 0 Å². The molecule has 2 N–H and O–H groups in total. The number of aromatic nitrogens is 1. The Hall–Kier alpha value is -1.95. The molecule has 0 unspecified atom stereocenters. The van der Waals surface area contributed by atoms with E-state index in [-0.39, 0.29) is 17.7 Å². The van der Waals surface area contributed by atoms with Gasteiger partial charge in [0.1, 0.15) is 0 Å². The van der Waals surface area contributed by atoms with Crippen LogP contribution in [0.25, 0.3) is 10.2 Å². The number of benzene rings is 1. The Kier molecular flexibility index (Phi) is 4.00. The number of nitrogens with one attached hydrogen (secondary N) is 2. The zero-order valence-electron chi connectivity index (χ0n) is 13.7. The normalized spacial score (nSPS) is 22.4. The summed E-state index contributed by atoms with van der Waals surface area (Å²) in [6.45, 7) is 2.46. The van der Waals surface area contributed by atoms with Crippen molar-refractivity contribution in [2.24, 2.45) is 11.8 Å². The average Bonchev–Trinajstić information content (AvgIpc) is 3.46. The van der Waals surface area contributed by atoms with Crippen molar-refractivity contribution in [2.45, 2.75) is 38.5 Å². The standard InChI is InChI=1S/C18H21N3O2S/c1-10-8-13(10)17(23)19-7-6-16(22)20-12-4-5-14-15(9-12)24-18(21-14)11-2-3-11/h4-5,9-11,13H,2-3,6-8H2,1H3,(H,19,23)(H,20,22)/t10-,13-/m0/s1. The number of rotatable bonds is 6. The summed E-state index contributed by atoms with van der Waals surface area (Å²) in [7, 11) is 0. The molecule has 1 aromatic heterocycles. The largest absolute Gasteiger partial charge is 0.355 e. The van der Waals surface area contributed by atoms with Gasteiger partial charge in [-0.1, -0.05) is 6.92 Å². The van der Waals surface area contributed by atoms with Crippen molar-refractivity contribution in [3.05, 3.63) is 23.2 Å². The van der Waals surface area contributed by atoms with E-state index < -0.39 is 0 Å². The average molecular weight is 343 g/mol. The molecule has 0 bridgehead atoms. The lowest BCUT2D eigenvalue weighted by molar-refractivity contribution is -0.122. The molecule has 6 heteroatoms. The predicted molar refractivity (Wildman–Crippen MR) is 95.1 cm³/mol. The number of anilines is 1. The molecule has 24 heavy (non-hydrogen) atoms. The summed E-state index contributed by atoms with van der Waals surface area (Å²) >= 11 is 1.72.